The molecule has 3 N–H and O–H groups in total. The van der Waals surface area contributed by atoms with Crippen LogP contribution in [0.4, 0.5) is 5.69 Å². The molecule has 33 heavy (non-hydrogen) atoms. The van der Waals surface area contributed by atoms with Crippen molar-refractivity contribution < 1.29 is 33.4 Å². The molecule has 0 aromatic heterocycles. The summed E-state index contributed by atoms with van der Waals surface area (Å²) in [6, 6.07) is 12.2. The molecule has 0 aliphatic heterocycles. The van der Waals surface area contributed by atoms with E-state index < -0.39 is 30.4 Å². The fraction of sp³-hybridized carbons (Fsp3) is 0.227. The largest absolute Gasteiger partial charge is 0.465 e. The third-order valence-electron chi connectivity index (χ3n) is 4.16. The van der Waals surface area contributed by atoms with Gasteiger partial charge in [-0.05, 0) is 55.0 Å². The minimum absolute atomic E-state index is 0.0528. The number of carbonyl (C=O) groups is 5. The summed E-state index contributed by atoms with van der Waals surface area (Å²) in [5.74, 6) is -2.75. The van der Waals surface area contributed by atoms with Crippen LogP contribution in [-0.4, -0.2) is 43.4 Å². The highest BCUT2D eigenvalue weighted by Crippen LogP contribution is 2.12. The van der Waals surface area contributed by atoms with Gasteiger partial charge in [0, 0.05) is 29.1 Å². The van der Waals surface area contributed by atoms with Crippen LogP contribution in [0.3, 0.4) is 0 Å². The van der Waals surface area contributed by atoms with Crippen LogP contribution in [0.25, 0.3) is 0 Å². The number of rotatable bonds is 9. The minimum atomic E-state index is -0.723. The van der Waals surface area contributed by atoms with Gasteiger partial charge in [-0.3, -0.25) is 30.0 Å². The van der Waals surface area contributed by atoms with Gasteiger partial charge in [0.05, 0.1) is 12.7 Å². The molecule has 174 valence electrons. The first-order valence-corrected chi connectivity index (χ1v) is 10.1. The number of hydrogen-bond donors (Lipinski definition) is 3. The predicted molar refractivity (Wildman–Crippen MR) is 118 cm³/mol. The normalized spacial score (nSPS) is 10.0. The van der Waals surface area contributed by atoms with Gasteiger partial charge in [0.15, 0.2) is 6.61 Å². The van der Waals surface area contributed by atoms with E-state index in [1.54, 1.807) is 12.1 Å². The molecule has 0 heterocycles. The first-order chi connectivity index (χ1) is 15.8. The molecule has 0 aliphatic carbocycles. The lowest BCUT2D eigenvalue weighted by Crippen LogP contribution is -2.43. The van der Waals surface area contributed by atoms with Crippen LogP contribution >= 0.6 is 11.6 Å². The van der Waals surface area contributed by atoms with Gasteiger partial charge >= 0.3 is 11.9 Å². The molecule has 0 fully saturated rings. The van der Waals surface area contributed by atoms with Crippen molar-refractivity contribution in [2.75, 3.05) is 19.0 Å². The Bertz CT molecular complexity index is 1010. The highest BCUT2D eigenvalue weighted by Gasteiger charge is 2.11. The van der Waals surface area contributed by atoms with Crippen LogP contribution in [0.5, 0.6) is 0 Å². The Morgan fingerprint density at radius 1 is 0.818 bits per heavy atom. The maximum Gasteiger partial charge on any atom is 0.337 e. The van der Waals surface area contributed by atoms with E-state index in [2.05, 4.69) is 20.9 Å². The number of nitrogens with one attached hydrogen (secondary N) is 3. The molecule has 0 spiro atoms. The number of amides is 3. The molecule has 0 aliphatic rings. The fourth-order valence-electron chi connectivity index (χ4n) is 2.48. The minimum Gasteiger partial charge on any atom is -0.465 e. The zero-order valence-electron chi connectivity index (χ0n) is 17.7. The molecule has 0 radical (unpaired) electrons. The summed E-state index contributed by atoms with van der Waals surface area (Å²) in [6.45, 7) is -0.585. The fourth-order valence-corrected chi connectivity index (χ4v) is 2.60. The summed E-state index contributed by atoms with van der Waals surface area (Å²) >= 11 is 5.74. The van der Waals surface area contributed by atoms with Gasteiger partial charge in [-0.1, -0.05) is 11.6 Å². The van der Waals surface area contributed by atoms with Gasteiger partial charge in [0.1, 0.15) is 0 Å². The quantitative estimate of drug-likeness (QED) is 0.373. The van der Waals surface area contributed by atoms with E-state index in [1.165, 1.54) is 43.5 Å². The van der Waals surface area contributed by atoms with Crippen LogP contribution in [-0.2, 0) is 23.9 Å². The standard InChI is InChI=1S/C22H22ClN3O7/c1-32-22(31)15-7-11-17(12-8-15)24-18(27)3-2-4-20(29)33-13-19(28)25-26-21(30)14-5-9-16(23)10-6-14/h5-12H,2-4,13H2,1H3,(H,24,27)(H,25,28)(H,26,30). The first-order valence-electron chi connectivity index (χ1n) is 9.77. The number of ether oxygens (including phenoxy) is 2. The van der Waals surface area contributed by atoms with Crippen molar-refractivity contribution in [3.8, 4) is 0 Å². The molecule has 3 amide bonds. The van der Waals surface area contributed by atoms with Gasteiger partial charge in [0.25, 0.3) is 11.8 Å². The second kappa shape index (κ2) is 12.8. The number of esters is 2. The predicted octanol–water partition coefficient (Wildman–Crippen LogP) is 2.24. The first kappa shape index (κ1) is 25.3. The van der Waals surface area contributed by atoms with Crippen LogP contribution in [0.1, 0.15) is 40.0 Å². The average molecular weight is 476 g/mol. The van der Waals surface area contributed by atoms with Crippen molar-refractivity contribution in [2.45, 2.75) is 19.3 Å². The molecule has 2 aromatic carbocycles. The zero-order valence-corrected chi connectivity index (χ0v) is 18.4. The Labute approximate surface area is 194 Å². The molecule has 10 nitrogen and oxygen atoms in total. The molecule has 0 bridgehead atoms. The summed E-state index contributed by atoms with van der Waals surface area (Å²) < 4.78 is 9.40. The summed E-state index contributed by atoms with van der Waals surface area (Å²) in [7, 11) is 1.27. The van der Waals surface area contributed by atoms with Crippen molar-refractivity contribution in [1.29, 1.82) is 0 Å². The lowest BCUT2D eigenvalue weighted by atomic mass is 10.2. The van der Waals surface area contributed by atoms with Crippen molar-refractivity contribution in [2.24, 2.45) is 0 Å². The van der Waals surface area contributed by atoms with E-state index in [4.69, 9.17) is 16.3 Å². The highest BCUT2D eigenvalue weighted by atomic mass is 35.5. The van der Waals surface area contributed by atoms with Crippen LogP contribution in [0.15, 0.2) is 48.5 Å². The molecule has 0 unspecified atom stereocenters. The molecular weight excluding hydrogens is 454 g/mol. The van der Waals surface area contributed by atoms with Gasteiger partial charge in [-0.15, -0.1) is 0 Å². The Kier molecular flexibility index (Phi) is 9.84. The Morgan fingerprint density at radius 3 is 2.09 bits per heavy atom. The summed E-state index contributed by atoms with van der Waals surface area (Å²) in [5.41, 5.74) is 5.44. The topological polar surface area (TPSA) is 140 Å². The van der Waals surface area contributed by atoms with Crippen molar-refractivity contribution in [1.82, 2.24) is 10.9 Å². The summed E-state index contributed by atoms with van der Waals surface area (Å²) in [6.07, 6.45) is 0.191. The molecular formula is C22H22ClN3O7. The van der Waals surface area contributed by atoms with E-state index in [-0.39, 0.29) is 30.7 Å². The number of methoxy groups -OCH3 is 1. The lowest BCUT2D eigenvalue weighted by Gasteiger charge is -2.08. The lowest BCUT2D eigenvalue weighted by molar-refractivity contribution is -0.148. The van der Waals surface area contributed by atoms with Crippen molar-refractivity contribution in [3.63, 3.8) is 0 Å². The second-order valence-corrected chi connectivity index (χ2v) is 7.08. The second-order valence-electron chi connectivity index (χ2n) is 6.64. The molecule has 0 saturated carbocycles. The number of hydrazine groups is 1. The number of hydrogen-bond acceptors (Lipinski definition) is 7. The number of carbonyl (C=O) groups excluding carboxylic acids is 5. The van der Waals surface area contributed by atoms with Gasteiger partial charge in [0.2, 0.25) is 5.91 Å². The number of halogens is 1. The van der Waals surface area contributed by atoms with Crippen LogP contribution < -0.4 is 16.2 Å². The van der Waals surface area contributed by atoms with Gasteiger partial charge in [-0.25, -0.2) is 4.79 Å². The van der Waals surface area contributed by atoms with Crippen LogP contribution in [0.2, 0.25) is 5.02 Å². The molecule has 0 saturated heterocycles. The Hall–Kier alpha value is -3.92. The summed E-state index contributed by atoms with van der Waals surface area (Å²) in [4.78, 5) is 58.6. The molecule has 2 aromatic rings. The maximum atomic E-state index is 12.0. The van der Waals surface area contributed by atoms with Gasteiger partial charge in [-0.2, -0.15) is 0 Å². The Balaban J connectivity index is 1.61. The van der Waals surface area contributed by atoms with E-state index >= 15 is 0 Å². The number of benzene rings is 2. The monoisotopic (exact) mass is 475 g/mol. The third-order valence-corrected chi connectivity index (χ3v) is 4.41. The SMILES string of the molecule is COC(=O)c1ccc(NC(=O)CCCC(=O)OCC(=O)NNC(=O)c2ccc(Cl)cc2)cc1. The average Bonchev–Trinajstić information content (AvgIpc) is 2.81. The maximum absolute atomic E-state index is 12.0. The van der Waals surface area contributed by atoms with E-state index in [9.17, 15) is 24.0 Å². The molecule has 11 heteroatoms. The number of anilines is 1. The highest BCUT2D eigenvalue weighted by molar-refractivity contribution is 6.30. The van der Waals surface area contributed by atoms with E-state index in [0.717, 1.165) is 0 Å². The van der Waals surface area contributed by atoms with Crippen molar-refractivity contribution in [3.05, 3.63) is 64.7 Å². The van der Waals surface area contributed by atoms with Gasteiger partial charge < -0.3 is 14.8 Å². The zero-order chi connectivity index (χ0) is 24.2. The third kappa shape index (κ3) is 8.99. The van der Waals surface area contributed by atoms with Crippen LogP contribution in [0, 0.1) is 0 Å². The van der Waals surface area contributed by atoms with E-state index in [0.29, 0.717) is 16.3 Å². The molecule has 0 atom stereocenters. The van der Waals surface area contributed by atoms with E-state index in [1.807, 2.05) is 0 Å². The van der Waals surface area contributed by atoms with Crippen molar-refractivity contribution >= 4 is 46.9 Å². The molecule has 2 rings (SSSR count). The smallest absolute Gasteiger partial charge is 0.337 e. The summed E-state index contributed by atoms with van der Waals surface area (Å²) in [5, 5.41) is 3.11. The Morgan fingerprint density at radius 2 is 1.45 bits per heavy atom.